The first kappa shape index (κ1) is 15.4. The lowest BCUT2D eigenvalue weighted by atomic mass is 10.1. The average Bonchev–Trinajstić information content (AvgIpc) is 3.17. The molecule has 0 fully saturated rings. The van der Waals surface area contributed by atoms with Crippen LogP contribution in [0.2, 0.25) is 0 Å². The maximum absolute atomic E-state index is 9.11. The summed E-state index contributed by atoms with van der Waals surface area (Å²) in [7, 11) is 0. The molecule has 3 aromatic rings. The Labute approximate surface area is 139 Å². The number of aromatic nitrogens is 5. The number of allylic oxidation sites excluding steroid dienone is 1. The Morgan fingerprint density at radius 1 is 1.17 bits per heavy atom. The summed E-state index contributed by atoms with van der Waals surface area (Å²) in [5.74, 6) is 0.261. The fraction of sp³-hybridized carbons (Fsp3) is 0.118. The maximum Gasteiger partial charge on any atom is 0.216 e. The Kier molecular flexibility index (Phi) is 4.90. The summed E-state index contributed by atoms with van der Waals surface area (Å²) in [4.78, 5) is 4.32. The highest BCUT2D eigenvalue weighted by molar-refractivity contribution is 5.73. The number of nitrogens with one attached hydrogen (secondary N) is 2. The minimum absolute atomic E-state index is 0.261. The van der Waals surface area contributed by atoms with Gasteiger partial charge < -0.3 is 5.32 Å². The normalized spacial score (nSPS) is 11.0. The standard InChI is InChI=1S/C17H15N7/c18-11-14(17-21-23-24-22-17)12-20-16-8-5-13(6-9-16)4-7-15-3-1-2-10-19-15/h1-3,5-6,8-10,12,20H,4,7H2,(H,21,22,23,24). The molecule has 0 bridgehead atoms. The maximum atomic E-state index is 9.11. The van der Waals surface area contributed by atoms with Gasteiger partial charge in [0.2, 0.25) is 5.82 Å². The van der Waals surface area contributed by atoms with Crippen LogP contribution in [0, 0.1) is 11.3 Å². The molecule has 0 aliphatic rings. The van der Waals surface area contributed by atoms with E-state index in [4.69, 9.17) is 5.26 Å². The van der Waals surface area contributed by atoms with Crippen LogP contribution < -0.4 is 5.32 Å². The summed E-state index contributed by atoms with van der Waals surface area (Å²) in [5, 5.41) is 25.5. The van der Waals surface area contributed by atoms with E-state index in [0.717, 1.165) is 24.2 Å². The van der Waals surface area contributed by atoms with Crippen molar-refractivity contribution >= 4 is 11.3 Å². The third-order valence-electron chi connectivity index (χ3n) is 3.44. The van der Waals surface area contributed by atoms with Gasteiger partial charge in [-0.2, -0.15) is 10.5 Å². The van der Waals surface area contributed by atoms with Gasteiger partial charge in [0.1, 0.15) is 11.6 Å². The number of hydrogen-bond acceptors (Lipinski definition) is 6. The molecule has 2 heterocycles. The zero-order valence-electron chi connectivity index (χ0n) is 12.8. The predicted molar refractivity (Wildman–Crippen MR) is 89.5 cm³/mol. The number of rotatable bonds is 6. The summed E-state index contributed by atoms with van der Waals surface area (Å²) >= 11 is 0. The molecule has 3 rings (SSSR count). The van der Waals surface area contributed by atoms with Gasteiger partial charge in [-0.3, -0.25) is 4.98 Å². The lowest BCUT2D eigenvalue weighted by Crippen LogP contribution is -1.95. The fourth-order valence-corrected chi connectivity index (χ4v) is 2.16. The summed E-state index contributed by atoms with van der Waals surface area (Å²) in [6.07, 6.45) is 5.21. The van der Waals surface area contributed by atoms with E-state index in [1.807, 2.05) is 42.6 Å². The minimum atomic E-state index is 0.261. The second-order valence-electron chi connectivity index (χ2n) is 5.07. The van der Waals surface area contributed by atoms with Gasteiger partial charge in [-0.15, -0.1) is 10.2 Å². The van der Waals surface area contributed by atoms with Gasteiger partial charge in [0.05, 0.1) is 0 Å². The van der Waals surface area contributed by atoms with Gasteiger partial charge in [0.15, 0.2) is 0 Å². The van der Waals surface area contributed by atoms with E-state index < -0.39 is 0 Å². The number of nitrogens with zero attached hydrogens (tertiary/aromatic N) is 5. The summed E-state index contributed by atoms with van der Waals surface area (Å²) in [5.41, 5.74) is 3.51. The monoisotopic (exact) mass is 317 g/mol. The second kappa shape index (κ2) is 7.65. The number of benzene rings is 1. The number of aromatic amines is 1. The molecule has 0 unspecified atom stereocenters. The first-order chi connectivity index (χ1) is 11.8. The van der Waals surface area contributed by atoms with Crippen molar-refractivity contribution in [2.45, 2.75) is 12.8 Å². The lowest BCUT2D eigenvalue weighted by Gasteiger charge is -2.04. The fourth-order valence-electron chi connectivity index (χ4n) is 2.16. The Morgan fingerprint density at radius 2 is 2.04 bits per heavy atom. The van der Waals surface area contributed by atoms with Crippen LogP contribution in [0.3, 0.4) is 0 Å². The van der Waals surface area contributed by atoms with E-state index in [1.165, 1.54) is 5.56 Å². The molecule has 0 amide bonds. The molecule has 24 heavy (non-hydrogen) atoms. The van der Waals surface area contributed by atoms with Gasteiger partial charge in [-0.05, 0) is 47.9 Å². The second-order valence-corrected chi connectivity index (χ2v) is 5.07. The topological polar surface area (TPSA) is 103 Å². The summed E-state index contributed by atoms with van der Waals surface area (Å²) in [6.45, 7) is 0. The highest BCUT2D eigenvalue weighted by atomic mass is 15.5. The van der Waals surface area contributed by atoms with E-state index in [2.05, 4.69) is 43.1 Å². The largest absolute Gasteiger partial charge is 0.360 e. The van der Waals surface area contributed by atoms with E-state index >= 15 is 0 Å². The van der Waals surface area contributed by atoms with Crippen molar-refractivity contribution < 1.29 is 0 Å². The Hall–Kier alpha value is -3.53. The number of aryl methyl sites for hydroxylation is 2. The number of H-pyrrole nitrogens is 1. The van der Waals surface area contributed by atoms with E-state index in [-0.39, 0.29) is 5.82 Å². The highest BCUT2D eigenvalue weighted by Crippen LogP contribution is 2.13. The van der Waals surface area contributed by atoms with Gasteiger partial charge in [0.25, 0.3) is 0 Å². The third kappa shape index (κ3) is 4.01. The molecular formula is C17H15N7. The molecule has 0 radical (unpaired) electrons. The summed E-state index contributed by atoms with van der Waals surface area (Å²) in [6, 6.07) is 16.0. The number of nitriles is 1. The lowest BCUT2D eigenvalue weighted by molar-refractivity contribution is 0.881. The minimum Gasteiger partial charge on any atom is -0.360 e. The van der Waals surface area contributed by atoms with Crippen molar-refractivity contribution in [3.05, 3.63) is 71.9 Å². The molecule has 0 aliphatic heterocycles. The van der Waals surface area contributed by atoms with Crippen molar-refractivity contribution in [3.63, 3.8) is 0 Å². The molecule has 1 aromatic carbocycles. The Morgan fingerprint density at radius 3 is 2.71 bits per heavy atom. The van der Waals surface area contributed by atoms with Crippen molar-refractivity contribution in [2.75, 3.05) is 5.32 Å². The zero-order chi connectivity index (χ0) is 16.6. The van der Waals surface area contributed by atoms with Crippen LogP contribution in [0.1, 0.15) is 17.1 Å². The molecule has 0 atom stereocenters. The molecule has 7 heteroatoms. The molecule has 118 valence electrons. The quantitative estimate of drug-likeness (QED) is 0.676. The molecule has 7 nitrogen and oxygen atoms in total. The van der Waals surface area contributed by atoms with E-state index in [0.29, 0.717) is 5.57 Å². The summed E-state index contributed by atoms with van der Waals surface area (Å²) < 4.78 is 0. The van der Waals surface area contributed by atoms with Crippen LogP contribution in [0.4, 0.5) is 5.69 Å². The first-order valence-corrected chi connectivity index (χ1v) is 7.44. The third-order valence-corrected chi connectivity index (χ3v) is 3.44. The van der Waals surface area contributed by atoms with Gasteiger partial charge in [-0.25, -0.2) is 0 Å². The van der Waals surface area contributed by atoms with Crippen molar-refractivity contribution in [1.29, 1.82) is 5.26 Å². The molecule has 0 spiro atoms. The smallest absolute Gasteiger partial charge is 0.216 e. The van der Waals surface area contributed by atoms with Gasteiger partial charge in [0, 0.05) is 23.8 Å². The van der Waals surface area contributed by atoms with Gasteiger partial charge >= 0.3 is 0 Å². The zero-order valence-corrected chi connectivity index (χ0v) is 12.8. The molecule has 2 aromatic heterocycles. The average molecular weight is 317 g/mol. The van der Waals surface area contributed by atoms with Crippen molar-refractivity contribution in [1.82, 2.24) is 25.6 Å². The van der Waals surface area contributed by atoms with Crippen molar-refractivity contribution in [3.8, 4) is 6.07 Å². The molecule has 0 aliphatic carbocycles. The predicted octanol–water partition coefficient (Wildman–Crippen LogP) is 2.36. The number of hydrogen-bond donors (Lipinski definition) is 2. The molecular weight excluding hydrogens is 302 g/mol. The van der Waals surface area contributed by atoms with E-state index in [9.17, 15) is 0 Å². The van der Waals surface area contributed by atoms with Crippen LogP contribution in [0.25, 0.3) is 5.57 Å². The SMILES string of the molecule is N#CC(=CNc1ccc(CCc2ccccn2)cc1)c1nn[nH]n1. The number of tetrazole rings is 1. The van der Waals surface area contributed by atoms with E-state index in [1.54, 1.807) is 6.20 Å². The van der Waals surface area contributed by atoms with Crippen LogP contribution in [0.15, 0.2) is 54.9 Å². The Bertz CT molecular complexity index is 831. The van der Waals surface area contributed by atoms with Crippen molar-refractivity contribution in [2.24, 2.45) is 0 Å². The van der Waals surface area contributed by atoms with Crippen LogP contribution in [-0.2, 0) is 12.8 Å². The Balaban J connectivity index is 1.59. The molecule has 0 saturated carbocycles. The molecule has 2 N–H and O–H groups in total. The van der Waals surface area contributed by atoms with Crippen LogP contribution >= 0.6 is 0 Å². The van der Waals surface area contributed by atoms with Crippen LogP contribution in [0.5, 0.6) is 0 Å². The number of anilines is 1. The first-order valence-electron chi connectivity index (χ1n) is 7.44. The van der Waals surface area contributed by atoms with Crippen LogP contribution in [-0.4, -0.2) is 25.6 Å². The molecule has 0 saturated heterocycles. The van der Waals surface area contributed by atoms with Gasteiger partial charge in [-0.1, -0.05) is 18.2 Å². The highest BCUT2D eigenvalue weighted by Gasteiger charge is 2.05. The number of pyridine rings is 1.